The molecule has 84 valence electrons. The van der Waals surface area contributed by atoms with E-state index in [1.165, 1.54) is 11.1 Å². The van der Waals surface area contributed by atoms with Crippen LogP contribution in [0.5, 0.6) is 0 Å². The van der Waals surface area contributed by atoms with Crippen molar-refractivity contribution in [2.75, 3.05) is 11.0 Å². The molecule has 16 heavy (non-hydrogen) atoms. The molecule has 0 unspecified atom stereocenters. The first-order chi connectivity index (χ1) is 7.82. The van der Waals surface area contributed by atoms with Crippen molar-refractivity contribution in [3.63, 3.8) is 0 Å². The minimum absolute atomic E-state index is 0.0104. The molecule has 1 aliphatic rings. The van der Waals surface area contributed by atoms with E-state index in [9.17, 15) is 0 Å². The van der Waals surface area contributed by atoms with Gasteiger partial charge in [-0.25, -0.2) is 0 Å². The highest BCUT2D eigenvalue weighted by Gasteiger charge is 2.30. The van der Waals surface area contributed by atoms with Gasteiger partial charge in [0.05, 0.1) is 0 Å². The number of halogens is 1. The van der Waals surface area contributed by atoms with Crippen LogP contribution in [0.2, 0.25) is 0 Å². The minimum atomic E-state index is 0.0104. The molecule has 1 atom stereocenters. The number of rotatable bonds is 3. The van der Waals surface area contributed by atoms with E-state index in [0.29, 0.717) is 6.54 Å². The molecule has 0 amide bonds. The molecule has 1 aromatic carbocycles. The van der Waals surface area contributed by atoms with Crippen LogP contribution in [0.3, 0.4) is 0 Å². The van der Waals surface area contributed by atoms with Crippen molar-refractivity contribution in [2.24, 2.45) is 5.73 Å². The van der Waals surface area contributed by atoms with Crippen LogP contribution < -0.4 is 5.73 Å². The predicted molar refractivity (Wildman–Crippen MR) is 78.9 cm³/mol. The fraction of sp³-hybridized carbons (Fsp3) is 0.286. The number of hydrogen-bond acceptors (Lipinski definition) is 1. The molecule has 0 bridgehead atoms. The maximum atomic E-state index is 6.01. The highest BCUT2D eigenvalue weighted by Crippen LogP contribution is 2.36. The van der Waals surface area contributed by atoms with Gasteiger partial charge in [0, 0.05) is 16.4 Å². The third kappa shape index (κ3) is 2.09. The molecule has 0 aliphatic heterocycles. The van der Waals surface area contributed by atoms with Gasteiger partial charge in [0.1, 0.15) is 0 Å². The summed E-state index contributed by atoms with van der Waals surface area (Å²) in [6.07, 6.45) is 9.92. The van der Waals surface area contributed by atoms with Gasteiger partial charge in [0.2, 0.25) is 0 Å². The summed E-state index contributed by atoms with van der Waals surface area (Å²) in [7, 11) is 0. The van der Waals surface area contributed by atoms with Gasteiger partial charge in [-0.15, -0.1) is 0 Å². The Morgan fingerprint density at radius 1 is 1.38 bits per heavy atom. The molecule has 0 heterocycles. The van der Waals surface area contributed by atoms with Crippen molar-refractivity contribution in [1.29, 1.82) is 0 Å². The van der Waals surface area contributed by atoms with Gasteiger partial charge in [-0.1, -0.05) is 71.2 Å². The second-order valence-corrected chi connectivity index (χ2v) is 4.99. The van der Waals surface area contributed by atoms with Crippen LogP contribution in [-0.2, 0) is 5.41 Å². The second-order valence-electron chi connectivity index (χ2n) is 4.11. The molecular formula is C14H16IN. The Hall–Kier alpha value is -0.610. The zero-order chi connectivity index (χ0) is 11.4. The van der Waals surface area contributed by atoms with Crippen molar-refractivity contribution in [2.45, 2.75) is 11.8 Å². The lowest BCUT2D eigenvalue weighted by atomic mass is 9.72. The van der Waals surface area contributed by atoms with E-state index in [1.807, 2.05) is 0 Å². The standard InChI is InChI=1S/C14H16IN/c15-10-4-9-14(11-16)8-3-6-12-5-1-2-7-13(12)14/h1-7,9H,8,10-11,16H2/b9-4+/t14-/m0/s1. The normalized spacial score (nSPS) is 23.6. The fourth-order valence-electron chi connectivity index (χ4n) is 2.29. The summed E-state index contributed by atoms with van der Waals surface area (Å²) >= 11 is 2.36. The van der Waals surface area contributed by atoms with Crippen molar-refractivity contribution in [3.8, 4) is 0 Å². The average Bonchev–Trinajstić information content (AvgIpc) is 2.36. The zero-order valence-corrected chi connectivity index (χ0v) is 11.4. The summed E-state index contributed by atoms with van der Waals surface area (Å²) < 4.78 is 1.03. The summed E-state index contributed by atoms with van der Waals surface area (Å²) in [6.45, 7) is 0.668. The van der Waals surface area contributed by atoms with Crippen molar-refractivity contribution in [1.82, 2.24) is 0 Å². The Labute approximate surface area is 111 Å². The van der Waals surface area contributed by atoms with Gasteiger partial charge in [0.25, 0.3) is 0 Å². The fourth-order valence-corrected chi connectivity index (χ4v) is 2.55. The van der Waals surface area contributed by atoms with E-state index in [-0.39, 0.29) is 5.41 Å². The molecule has 0 saturated carbocycles. The number of nitrogens with two attached hydrogens (primary N) is 1. The lowest BCUT2D eigenvalue weighted by molar-refractivity contribution is 0.549. The Kier molecular flexibility index (Phi) is 3.82. The van der Waals surface area contributed by atoms with Gasteiger partial charge < -0.3 is 5.73 Å². The molecule has 1 nitrogen and oxygen atoms in total. The summed E-state index contributed by atoms with van der Waals surface area (Å²) in [4.78, 5) is 0. The smallest absolute Gasteiger partial charge is 0.0295 e. The van der Waals surface area contributed by atoms with Gasteiger partial charge in [-0.3, -0.25) is 0 Å². The molecule has 0 radical (unpaired) electrons. The van der Waals surface area contributed by atoms with Crippen LogP contribution in [0.4, 0.5) is 0 Å². The molecule has 0 aromatic heterocycles. The number of hydrogen-bond donors (Lipinski definition) is 1. The largest absolute Gasteiger partial charge is 0.329 e. The van der Waals surface area contributed by atoms with Crippen molar-refractivity contribution >= 4 is 28.7 Å². The quantitative estimate of drug-likeness (QED) is 0.515. The first-order valence-corrected chi connectivity index (χ1v) is 7.05. The maximum absolute atomic E-state index is 6.01. The SMILES string of the molecule is NC[C@@]1(/C=C/CI)CC=Cc2ccccc21. The average molecular weight is 325 g/mol. The van der Waals surface area contributed by atoms with E-state index in [4.69, 9.17) is 5.73 Å². The van der Waals surface area contributed by atoms with Gasteiger partial charge in [-0.2, -0.15) is 0 Å². The van der Waals surface area contributed by atoms with E-state index >= 15 is 0 Å². The minimum Gasteiger partial charge on any atom is -0.329 e. The Balaban J connectivity index is 2.49. The van der Waals surface area contributed by atoms with E-state index < -0.39 is 0 Å². The van der Waals surface area contributed by atoms with Gasteiger partial charge >= 0.3 is 0 Å². The van der Waals surface area contributed by atoms with Crippen LogP contribution in [0.1, 0.15) is 17.5 Å². The van der Waals surface area contributed by atoms with Crippen molar-refractivity contribution in [3.05, 3.63) is 53.6 Å². The third-order valence-electron chi connectivity index (χ3n) is 3.17. The van der Waals surface area contributed by atoms with Crippen LogP contribution in [0.15, 0.2) is 42.5 Å². The molecule has 0 saturated heterocycles. The van der Waals surface area contributed by atoms with E-state index in [2.05, 4.69) is 71.2 Å². The third-order valence-corrected chi connectivity index (χ3v) is 3.68. The van der Waals surface area contributed by atoms with Crippen LogP contribution in [0, 0.1) is 0 Å². The molecule has 0 spiro atoms. The highest BCUT2D eigenvalue weighted by atomic mass is 127. The predicted octanol–water partition coefficient (Wildman–Crippen LogP) is 3.29. The first-order valence-electron chi connectivity index (χ1n) is 5.52. The summed E-state index contributed by atoms with van der Waals surface area (Å²) in [5, 5.41) is 0. The molecule has 2 heteroatoms. The molecule has 0 fully saturated rings. The van der Waals surface area contributed by atoms with E-state index in [1.54, 1.807) is 0 Å². The van der Waals surface area contributed by atoms with Crippen LogP contribution in [-0.4, -0.2) is 11.0 Å². The molecule has 1 aliphatic carbocycles. The van der Waals surface area contributed by atoms with E-state index in [0.717, 1.165) is 10.8 Å². The Bertz CT molecular complexity index is 422. The monoisotopic (exact) mass is 325 g/mol. The molecule has 1 aromatic rings. The van der Waals surface area contributed by atoms with Crippen molar-refractivity contribution < 1.29 is 0 Å². The first kappa shape index (κ1) is 11.9. The highest BCUT2D eigenvalue weighted by molar-refractivity contribution is 14.1. The number of allylic oxidation sites excluding steroid dienone is 2. The lowest BCUT2D eigenvalue weighted by Crippen LogP contribution is -2.34. The second kappa shape index (κ2) is 5.15. The van der Waals surface area contributed by atoms with Gasteiger partial charge in [-0.05, 0) is 17.5 Å². The zero-order valence-electron chi connectivity index (χ0n) is 9.20. The Morgan fingerprint density at radius 3 is 2.94 bits per heavy atom. The topological polar surface area (TPSA) is 26.0 Å². The summed E-state index contributed by atoms with van der Waals surface area (Å²) in [5.74, 6) is 0. The molecule has 2 N–H and O–H groups in total. The van der Waals surface area contributed by atoms with Crippen LogP contribution >= 0.6 is 22.6 Å². The van der Waals surface area contributed by atoms with Crippen LogP contribution in [0.25, 0.3) is 6.08 Å². The van der Waals surface area contributed by atoms with Gasteiger partial charge in [0.15, 0.2) is 0 Å². The lowest BCUT2D eigenvalue weighted by Gasteiger charge is -2.33. The molecular weight excluding hydrogens is 309 g/mol. The number of fused-ring (bicyclic) bond motifs is 1. The number of alkyl halides is 1. The summed E-state index contributed by atoms with van der Waals surface area (Å²) in [6, 6.07) is 8.54. The Morgan fingerprint density at radius 2 is 2.19 bits per heavy atom. The summed E-state index contributed by atoms with van der Waals surface area (Å²) in [5.41, 5.74) is 8.68. The maximum Gasteiger partial charge on any atom is 0.0295 e. The number of benzene rings is 1. The molecule has 2 rings (SSSR count).